The molecule has 2 fully saturated rings. The van der Waals surface area contributed by atoms with Crippen molar-refractivity contribution in [1.82, 2.24) is 24.7 Å². The molecule has 1 unspecified atom stereocenters. The lowest BCUT2D eigenvalue weighted by molar-refractivity contribution is -0.139. The van der Waals surface area contributed by atoms with Crippen LogP contribution in [0.5, 0.6) is 11.5 Å². The smallest absolute Gasteiger partial charge is 0.246 e. The van der Waals surface area contributed by atoms with Crippen molar-refractivity contribution in [3.05, 3.63) is 46.1 Å². The number of carbonyl (C=O) groups is 1. The number of nitrogens with zero attached hydrogens (tertiary/aromatic N) is 6. The van der Waals surface area contributed by atoms with E-state index >= 15 is 0 Å². The Hall–Kier alpha value is -3.13. The molecule has 0 bridgehead atoms. The Balaban J connectivity index is 1.33. The summed E-state index contributed by atoms with van der Waals surface area (Å²) in [5.74, 6) is 1.62. The molecule has 2 aromatic rings. The van der Waals surface area contributed by atoms with Gasteiger partial charge in [0.2, 0.25) is 11.9 Å². The van der Waals surface area contributed by atoms with Crippen molar-refractivity contribution in [2.45, 2.75) is 25.7 Å². The van der Waals surface area contributed by atoms with Crippen molar-refractivity contribution < 1.29 is 24.1 Å². The molecule has 2 saturated heterocycles. The van der Waals surface area contributed by atoms with Crippen molar-refractivity contribution in [1.29, 1.82) is 0 Å². The van der Waals surface area contributed by atoms with Gasteiger partial charge in [0.05, 0.1) is 37.0 Å². The number of likely N-dealkylation sites (tertiary alicyclic amines) is 1. The van der Waals surface area contributed by atoms with E-state index in [0.29, 0.717) is 59.6 Å². The summed E-state index contributed by atoms with van der Waals surface area (Å²) in [5.41, 5.74) is 1.52. The minimum absolute atomic E-state index is 0.0978. The van der Waals surface area contributed by atoms with E-state index in [-0.39, 0.29) is 28.7 Å². The van der Waals surface area contributed by atoms with Crippen LogP contribution in [0.2, 0.25) is 10.0 Å². The first-order valence-corrected chi connectivity index (χ1v) is 16.4. The number of aromatic nitrogens is 2. The lowest BCUT2D eigenvalue weighted by atomic mass is 9.97. The van der Waals surface area contributed by atoms with E-state index in [4.69, 9.17) is 42.4 Å². The summed E-state index contributed by atoms with van der Waals surface area (Å²) in [6, 6.07) is 1.61. The quantitative estimate of drug-likeness (QED) is 0.227. The fourth-order valence-electron chi connectivity index (χ4n) is 5.90. The van der Waals surface area contributed by atoms with Crippen molar-refractivity contribution in [2.24, 2.45) is 0 Å². The molecule has 1 amide bonds. The zero-order valence-corrected chi connectivity index (χ0v) is 28.2. The molecule has 12 nitrogen and oxygen atoms in total. The molecule has 3 aliphatic heterocycles. The molecule has 0 radical (unpaired) electrons. The van der Waals surface area contributed by atoms with Crippen LogP contribution in [0, 0.1) is 0 Å². The maximum atomic E-state index is 11.8. The number of carbonyl (C=O) groups excluding carboxylic acids is 1. The second-order valence-electron chi connectivity index (χ2n) is 11.4. The Bertz CT molecular complexity index is 1400. The minimum Gasteiger partial charge on any atom is -0.495 e. The number of amides is 1. The molecule has 0 saturated carbocycles. The van der Waals surface area contributed by atoms with Crippen LogP contribution in [0.3, 0.4) is 0 Å². The van der Waals surface area contributed by atoms with Crippen molar-refractivity contribution in [3.63, 3.8) is 0 Å². The maximum absolute atomic E-state index is 11.8. The number of methoxy groups -OCH3 is 2. The Kier molecular flexibility index (Phi) is 11.6. The van der Waals surface area contributed by atoms with Gasteiger partial charge in [-0.25, -0.2) is 4.98 Å². The largest absolute Gasteiger partial charge is 0.495 e. The molecular formula is C32H43Cl2N7O5. The van der Waals surface area contributed by atoms with Gasteiger partial charge in [-0.15, -0.1) is 0 Å². The first kappa shape index (κ1) is 34.2. The lowest BCUT2D eigenvalue weighted by Gasteiger charge is -2.39. The number of hydrogen-bond donors (Lipinski definition) is 2. The maximum Gasteiger partial charge on any atom is 0.246 e. The van der Waals surface area contributed by atoms with Gasteiger partial charge < -0.3 is 44.2 Å². The molecule has 3 aliphatic rings. The van der Waals surface area contributed by atoms with E-state index < -0.39 is 6.23 Å². The summed E-state index contributed by atoms with van der Waals surface area (Å²) in [4.78, 5) is 29.6. The highest BCUT2D eigenvalue weighted by Crippen LogP contribution is 2.47. The number of fused-ring (bicyclic) bond motifs is 1. The van der Waals surface area contributed by atoms with Crippen LogP contribution < -0.4 is 19.7 Å². The SMILES string of the molecule is C=CC(=O)N1CC(OCCN2c3nc(NCCCN4CCN(CC)CC4)ncc3C=C(c3c(Cl)c(OC)cc(OC)c3Cl)C2O)C1. The van der Waals surface area contributed by atoms with E-state index in [1.807, 2.05) is 0 Å². The fraction of sp³-hybridized carbons (Fsp3) is 0.531. The summed E-state index contributed by atoms with van der Waals surface area (Å²) >= 11 is 13.5. The highest BCUT2D eigenvalue weighted by atomic mass is 35.5. The summed E-state index contributed by atoms with van der Waals surface area (Å²) < 4.78 is 17.0. The third kappa shape index (κ3) is 7.53. The summed E-state index contributed by atoms with van der Waals surface area (Å²) in [6.45, 7) is 14.5. The number of aliphatic hydroxyl groups is 1. The zero-order chi connectivity index (χ0) is 32.8. The molecule has 14 heteroatoms. The van der Waals surface area contributed by atoms with Crippen LogP contribution in [-0.4, -0.2) is 134 Å². The molecule has 0 spiro atoms. The number of aliphatic hydroxyl groups excluding tert-OH is 1. The average molecular weight is 677 g/mol. The second-order valence-corrected chi connectivity index (χ2v) is 12.2. The van der Waals surface area contributed by atoms with Crippen LogP contribution in [-0.2, 0) is 9.53 Å². The third-order valence-corrected chi connectivity index (χ3v) is 9.43. The molecule has 1 aromatic heterocycles. The highest BCUT2D eigenvalue weighted by molar-refractivity contribution is 6.40. The monoisotopic (exact) mass is 675 g/mol. The first-order chi connectivity index (χ1) is 22.3. The normalized spacial score (nSPS) is 18.9. The topological polar surface area (TPSA) is 116 Å². The number of halogens is 2. The van der Waals surface area contributed by atoms with Gasteiger partial charge >= 0.3 is 0 Å². The summed E-state index contributed by atoms with van der Waals surface area (Å²) in [7, 11) is 3.00. The molecule has 5 rings (SSSR count). The Morgan fingerprint density at radius 2 is 1.78 bits per heavy atom. The summed E-state index contributed by atoms with van der Waals surface area (Å²) in [5, 5.41) is 15.7. The van der Waals surface area contributed by atoms with Gasteiger partial charge in [0.15, 0.2) is 6.23 Å². The second kappa shape index (κ2) is 15.6. The van der Waals surface area contributed by atoms with Crippen molar-refractivity contribution in [2.75, 3.05) is 96.5 Å². The number of benzene rings is 1. The Morgan fingerprint density at radius 3 is 2.41 bits per heavy atom. The Morgan fingerprint density at radius 1 is 1.11 bits per heavy atom. The van der Waals surface area contributed by atoms with E-state index in [1.165, 1.54) is 20.3 Å². The predicted octanol–water partition coefficient (Wildman–Crippen LogP) is 3.33. The zero-order valence-electron chi connectivity index (χ0n) is 26.7. The highest BCUT2D eigenvalue weighted by Gasteiger charge is 2.35. The first-order valence-electron chi connectivity index (χ1n) is 15.6. The lowest BCUT2D eigenvalue weighted by Crippen LogP contribution is -2.55. The molecular weight excluding hydrogens is 633 g/mol. The van der Waals surface area contributed by atoms with E-state index in [1.54, 1.807) is 28.1 Å². The molecule has 46 heavy (non-hydrogen) atoms. The number of likely N-dealkylation sites (N-methyl/N-ethyl adjacent to an activating group) is 1. The molecule has 4 heterocycles. The number of ether oxygens (including phenoxy) is 3. The standard InChI is InChI=1S/C32H43Cl2N7O5/c1-5-26(42)40-19-22(20-40)46-15-14-41-30-21(16-23(31(41)43)27-28(33)24(44-3)17-25(45-4)29(27)34)18-36-32(37-30)35-8-7-9-39-12-10-38(6-2)11-13-39/h5,16-18,22,31,43H,1,6-15,19-20H2,2-4H3,(H,35,36,37). The van der Waals surface area contributed by atoms with Gasteiger partial charge in [-0.2, -0.15) is 4.98 Å². The van der Waals surface area contributed by atoms with E-state index in [2.05, 4.69) is 33.6 Å². The van der Waals surface area contributed by atoms with E-state index in [9.17, 15) is 9.90 Å². The number of hydrogen-bond acceptors (Lipinski definition) is 11. The van der Waals surface area contributed by atoms with Gasteiger partial charge in [0.25, 0.3) is 0 Å². The Labute approximate surface area is 280 Å². The van der Waals surface area contributed by atoms with Crippen LogP contribution in [0.1, 0.15) is 24.5 Å². The van der Waals surface area contributed by atoms with E-state index in [0.717, 1.165) is 52.2 Å². The molecule has 2 N–H and O–H groups in total. The summed E-state index contributed by atoms with van der Waals surface area (Å²) in [6.07, 6.45) is 4.49. The molecule has 1 aromatic carbocycles. The number of rotatable bonds is 14. The number of nitrogens with one attached hydrogen (secondary N) is 1. The minimum atomic E-state index is -1.17. The average Bonchev–Trinajstić information content (AvgIpc) is 3.05. The molecule has 1 atom stereocenters. The van der Waals surface area contributed by atoms with Gasteiger partial charge in [-0.3, -0.25) is 4.79 Å². The van der Waals surface area contributed by atoms with Crippen LogP contribution in [0.4, 0.5) is 11.8 Å². The van der Waals surface area contributed by atoms with Crippen molar-refractivity contribution >= 4 is 52.5 Å². The molecule has 250 valence electrons. The van der Waals surface area contributed by atoms with Crippen LogP contribution in [0.15, 0.2) is 24.9 Å². The fourth-order valence-corrected chi connectivity index (χ4v) is 6.61. The van der Waals surface area contributed by atoms with Crippen LogP contribution in [0.25, 0.3) is 11.6 Å². The van der Waals surface area contributed by atoms with Crippen molar-refractivity contribution in [3.8, 4) is 11.5 Å². The molecule has 0 aliphatic carbocycles. The number of anilines is 2. The number of piperazine rings is 1. The van der Waals surface area contributed by atoms with Gasteiger partial charge in [0.1, 0.15) is 17.3 Å². The van der Waals surface area contributed by atoms with Gasteiger partial charge in [-0.05, 0) is 31.7 Å². The van der Waals surface area contributed by atoms with Gasteiger partial charge in [0, 0.05) is 81.3 Å². The third-order valence-electron chi connectivity index (χ3n) is 8.68. The van der Waals surface area contributed by atoms with Gasteiger partial charge in [-0.1, -0.05) is 36.7 Å². The predicted molar refractivity (Wildman–Crippen MR) is 181 cm³/mol. The van der Waals surface area contributed by atoms with Crippen LogP contribution >= 0.6 is 23.2 Å².